The summed E-state index contributed by atoms with van der Waals surface area (Å²) in [5, 5.41) is 12.2. The molecule has 1 saturated heterocycles. The fourth-order valence-corrected chi connectivity index (χ4v) is 4.84. The Morgan fingerprint density at radius 1 is 1.14 bits per heavy atom. The molecule has 0 amide bonds. The molecule has 6 heteroatoms. The maximum Gasteiger partial charge on any atom is 0.125 e. The zero-order valence-electron chi connectivity index (χ0n) is 16.8. The first-order valence-corrected chi connectivity index (χ1v) is 10.9. The second-order valence-corrected chi connectivity index (χ2v) is 8.74. The number of hydrogen-bond acceptors (Lipinski definition) is 6. The van der Waals surface area contributed by atoms with Crippen LogP contribution in [-0.2, 0) is 18.8 Å². The van der Waals surface area contributed by atoms with E-state index in [0.29, 0.717) is 13.0 Å². The number of para-hydroxylation sites is 1. The number of rotatable bonds is 6. The van der Waals surface area contributed by atoms with Gasteiger partial charge in [-0.15, -0.1) is 11.3 Å². The van der Waals surface area contributed by atoms with Crippen LogP contribution in [0.15, 0.2) is 54.9 Å². The summed E-state index contributed by atoms with van der Waals surface area (Å²) in [5.41, 5.74) is 1.30. The van der Waals surface area contributed by atoms with Gasteiger partial charge in [-0.3, -0.25) is 9.88 Å². The lowest BCUT2D eigenvalue weighted by molar-refractivity contribution is 0.0207. The molecule has 1 N–H and O–H groups in total. The van der Waals surface area contributed by atoms with Crippen molar-refractivity contribution in [2.24, 2.45) is 0 Å². The van der Waals surface area contributed by atoms with Crippen LogP contribution < -0.4 is 4.74 Å². The molecule has 4 rings (SSSR count). The van der Waals surface area contributed by atoms with Crippen molar-refractivity contribution < 1.29 is 9.84 Å². The van der Waals surface area contributed by atoms with Gasteiger partial charge in [-0.05, 0) is 56.5 Å². The molecular weight excluding hydrogens is 382 g/mol. The van der Waals surface area contributed by atoms with E-state index >= 15 is 0 Å². The van der Waals surface area contributed by atoms with Crippen molar-refractivity contribution in [1.29, 1.82) is 0 Å². The third-order valence-corrected chi connectivity index (χ3v) is 6.76. The molecule has 5 nitrogen and oxygen atoms in total. The topological polar surface area (TPSA) is 58.5 Å². The van der Waals surface area contributed by atoms with Crippen LogP contribution in [-0.4, -0.2) is 33.1 Å². The zero-order valence-corrected chi connectivity index (χ0v) is 17.6. The van der Waals surface area contributed by atoms with E-state index in [9.17, 15) is 5.11 Å². The van der Waals surface area contributed by atoms with Crippen LogP contribution in [0.3, 0.4) is 0 Å². The Morgan fingerprint density at radius 2 is 2.00 bits per heavy atom. The van der Waals surface area contributed by atoms with Gasteiger partial charge in [0.1, 0.15) is 23.0 Å². The van der Waals surface area contributed by atoms with E-state index in [1.165, 1.54) is 5.56 Å². The molecule has 1 aliphatic heterocycles. The van der Waals surface area contributed by atoms with Crippen LogP contribution >= 0.6 is 11.3 Å². The number of aromatic nitrogens is 2. The molecule has 0 saturated carbocycles. The van der Waals surface area contributed by atoms with E-state index in [1.807, 2.05) is 49.5 Å². The standard InChI is InChI=1S/C23H27N3O2S/c1-18-21(17-28-20-8-3-2-4-9-20)29-22(25-18)23(27)10-6-13-26(14-11-23)16-19-7-5-12-24-15-19/h2-5,7-9,12,15,27H,6,10-11,13-14,16-17H2,1H3/t23-/m0/s1. The number of pyridine rings is 1. The van der Waals surface area contributed by atoms with E-state index in [2.05, 4.69) is 16.0 Å². The lowest BCUT2D eigenvalue weighted by atomic mass is 9.96. The minimum atomic E-state index is -0.857. The quantitative estimate of drug-likeness (QED) is 0.658. The monoisotopic (exact) mass is 409 g/mol. The highest BCUT2D eigenvalue weighted by atomic mass is 32.1. The van der Waals surface area contributed by atoms with Gasteiger partial charge in [-0.2, -0.15) is 0 Å². The Kier molecular flexibility index (Phi) is 6.23. The minimum Gasteiger partial charge on any atom is -0.488 e. The largest absolute Gasteiger partial charge is 0.488 e. The average molecular weight is 410 g/mol. The van der Waals surface area contributed by atoms with Crippen molar-refractivity contribution >= 4 is 11.3 Å². The molecule has 0 unspecified atom stereocenters. The highest BCUT2D eigenvalue weighted by molar-refractivity contribution is 7.11. The predicted molar refractivity (Wildman–Crippen MR) is 115 cm³/mol. The fraction of sp³-hybridized carbons (Fsp3) is 0.391. The number of likely N-dealkylation sites (tertiary alicyclic amines) is 1. The van der Waals surface area contributed by atoms with Crippen LogP contribution in [0.25, 0.3) is 0 Å². The van der Waals surface area contributed by atoms with Crippen LogP contribution in [0.4, 0.5) is 0 Å². The number of aliphatic hydroxyl groups is 1. The van der Waals surface area contributed by atoms with Crippen molar-refractivity contribution in [3.63, 3.8) is 0 Å². The number of thiazole rings is 1. The molecule has 1 atom stereocenters. The molecule has 0 spiro atoms. The van der Waals surface area contributed by atoms with Crippen LogP contribution in [0.5, 0.6) is 5.75 Å². The molecule has 29 heavy (non-hydrogen) atoms. The molecule has 1 fully saturated rings. The maximum absolute atomic E-state index is 11.4. The highest BCUT2D eigenvalue weighted by Crippen LogP contribution is 2.37. The molecule has 0 bridgehead atoms. The summed E-state index contributed by atoms with van der Waals surface area (Å²) >= 11 is 1.58. The van der Waals surface area contributed by atoms with Crippen molar-refractivity contribution in [2.75, 3.05) is 13.1 Å². The lowest BCUT2D eigenvalue weighted by Crippen LogP contribution is -2.29. The zero-order chi connectivity index (χ0) is 20.1. The van der Waals surface area contributed by atoms with Crippen molar-refractivity contribution in [3.05, 3.63) is 76.0 Å². The summed E-state index contributed by atoms with van der Waals surface area (Å²) in [5.74, 6) is 0.848. The van der Waals surface area contributed by atoms with Crippen LogP contribution in [0.2, 0.25) is 0 Å². The van der Waals surface area contributed by atoms with E-state index < -0.39 is 5.60 Å². The van der Waals surface area contributed by atoms with Crippen molar-refractivity contribution in [2.45, 2.75) is 44.9 Å². The number of ether oxygens (including phenoxy) is 1. The van der Waals surface area contributed by atoms with Gasteiger partial charge < -0.3 is 9.84 Å². The number of nitrogens with zero attached hydrogens (tertiary/aromatic N) is 3. The Morgan fingerprint density at radius 3 is 2.79 bits per heavy atom. The van der Waals surface area contributed by atoms with E-state index in [-0.39, 0.29) is 0 Å². The number of benzene rings is 1. The fourth-order valence-electron chi connectivity index (χ4n) is 3.72. The summed E-state index contributed by atoms with van der Waals surface area (Å²) < 4.78 is 5.89. The van der Waals surface area contributed by atoms with Gasteiger partial charge in [-0.1, -0.05) is 24.3 Å². The van der Waals surface area contributed by atoms with Gasteiger partial charge in [0.05, 0.1) is 10.6 Å². The number of aryl methyl sites for hydroxylation is 1. The molecule has 3 aromatic rings. The van der Waals surface area contributed by atoms with Gasteiger partial charge in [0.15, 0.2) is 0 Å². The van der Waals surface area contributed by atoms with Crippen LogP contribution in [0, 0.1) is 6.92 Å². The first kappa shape index (κ1) is 20.0. The van der Waals surface area contributed by atoms with Crippen LogP contribution in [0.1, 0.15) is 40.4 Å². The molecule has 152 valence electrons. The molecule has 1 aliphatic rings. The number of hydrogen-bond donors (Lipinski definition) is 1. The summed E-state index contributed by atoms with van der Waals surface area (Å²) in [6, 6.07) is 13.9. The molecule has 3 heterocycles. The summed E-state index contributed by atoms with van der Waals surface area (Å²) in [7, 11) is 0. The second-order valence-electron chi connectivity index (χ2n) is 7.65. The minimum absolute atomic E-state index is 0.483. The van der Waals surface area contributed by atoms with Crippen molar-refractivity contribution in [1.82, 2.24) is 14.9 Å². The highest BCUT2D eigenvalue weighted by Gasteiger charge is 2.35. The summed E-state index contributed by atoms with van der Waals surface area (Å²) in [4.78, 5) is 12.4. The van der Waals surface area contributed by atoms with E-state index in [4.69, 9.17) is 9.72 Å². The molecular formula is C23H27N3O2S. The molecule has 1 aromatic carbocycles. The maximum atomic E-state index is 11.4. The first-order valence-electron chi connectivity index (χ1n) is 10.1. The van der Waals surface area contributed by atoms with Gasteiger partial charge >= 0.3 is 0 Å². The van der Waals surface area contributed by atoms with E-state index in [1.54, 1.807) is 17.5 Å². The Hall–Kier alpha value is -2.28. The second kappa shape index (κ2) is 9.03. The summed E-state index contributed by atoms with van der Waals surface area (Å²) in [6.07, 6.45) is 6.10. The third kappa shape index (κ3) is 5.01. The van der Waals surface area contributed by atoms with Gasteiger partial charge in [0.25, 0.3) is 0 Å². The van der Waals surface area contributed by atoms with E-state index in [0.717, 1.165) is 53.8 Å². The van der Waals surface area contributed by atoms with Crippen molar-refractivity contribution in [3.8, 4) is 5.75 Å². The predicted octanol–water partition coefficient (Wildman–Crippen LogP) is 4.30. The molecule has 0 radical (unpaired) electrons. The Labute approximate surface area is 176 Å². The summed E-state index contributed by atoms with van der Waals surface area (Å²) in [6.45, 7) is 5.18. The molecule has 0 aliphatic carbocycles. The SMILES string of the molecule is Cc1nc([C@]2(O)CCCN(Cc3cccnc3)CC2)sc1COc1ccccc1. The first-order chi connectivity index (χ1) is 14.1. The smallest absolute Gasteiger partial charge is 0.125 e. The normalized spacial score (nSPS) is 20.3. The Balaban J connectivity index is 1.41. The lowest BCUT2D eigenvalue weighted by Gasteiger charge is -2.24. The van der Waals surface area contributed by atoms with Gasteiger partial charge in [0.2, 0.25) is 0 Å². The van der Waals surface area contributed by atoms with Gasteiger partial charge in [0, 0.05) is 25.5 Å². The third-order valence-electron chi connectivity index (χ3n) is 5.44. The molecule has 2 aromatic heterocycles. The average Bonchev–Trinajstić information content (AvgIpc) is 3.02. The Bertz CT molecular complexity index is 916. The van der Waals surface area contributed by atoms with Gasteiger partial charge in [-0.25, -0.2) is 4.98 Å².